The van der Waals surface area contributed by atoms with E-state index in [2.05, 4.69) is 15.5 Å². The van der Waals surface area contributed by atoms with Crippen LogP contribution >= 0.6 is 0 Å². The van der Waals surface area contributed by atoms with Gasteiger partial charge < -0.3 is 20.3 Å². The van der Waals surface area contributed by atoms with Crippen LogP contribution < -0.4 is 10.6 Å². The van der Waals surface area contributed by atoms with Crippen LogP contribution in [0.1, 0.15) is 12.8 Å². The lowest BCUT2D eigenvalue weighted by Gasteiger charge is -2.19. The monoisotopic (exact) mass is 284 g/mol. The van der Waals surface area contributed by atoms with Gasteiger partial charge in [0.15, 0.2) is 0 Å². The number of hydrogen-bond acceptors (Lipinski definition) is 4. The maximum Gasteiger partial charge on any atom is 0.315 e. The number of carbonyl (C=O) groups excluding carboxylic acids is 2. The second-order valence-corrected chi connectivity index (χ2v) is 5.38. The average Bonchev–Trinajstić information content (AvgIpc) is 2.62. The zero-order valence-corrected chi connectivity index (χ0v) is 12.1. The lowest BCUT2D eigenvalue weighted by molar-refractivity contribution is -0.126. The van der Waals surface area contributed by atoms with E-state index in [1.165, 1.54) is 0 Å². The van der Waals surface area contributed by atoms with Crippen molar-refractivity contribution in [2.45, 2.75) is 18.9 Å². The molecule has 0 radical (unpaired) electrons. The minimum Gasteiger partial charge on any atom is -0.380 e. The Morgan fingerprint density at radius 3 is 3.00 bits per heavy atom. The summed E-state index contributed by atoms with van der Waals surface area (Å²) in [6, 6.07) is -0.261. The minimum atomic E-state index is -0.191. The van der Waals surface area contributed by atoms with Gasteiger partial charge in [-0.25, -0.2) is 4.79 Å². The fraction of sp³-hybridized carbons (Fsp3) is 0.846. The van der Waals surface area contributed by atoms with Crippen LogP contribution in [0.2, 0.25) is 0 Å². The Balaban J connectivity index is 1.59. The molecule has 7 nitrogen and oxygen atoms in total. The summed E-state index contributed by atoms with van der Waals surface area (Å²) in [5.41, 5.74) is 0. The molecule has 0 spiro atoms. The van der Waals surface area contributed by atoms with Crippen LogP contribution in [-0.2, 0) is 9.53 Å². The fourth-order valence-corrected chi connectivity index (χ4v) is 2.55. The summed E-state index contributed by atoms with van der Waals surface area (Å²) >= 11 is 0. The van der Waals surface area contributed by atoms with Crippen LogP contribution in [0.3, 0.4) is 0 Å². The zero-order chi connectivity index (χ0) is 14.4. The summed E-state index contributed by atoms with van der Waals surface area (Å²) in [5, 5.41) is 5.68. The first kappa shape index (κ1) is 15.1. The standard InChI is InChI=1S/C13H24N4O3/c1-16-10-11(9-12(16)18)15-13(19)14-3-5-17-4-2-7-20-8-6-17/h11H,2-10H2,1H3,(H2,14,15,19). The number of urea groups is 1. The number of nitrogens with one attached hydrogen (secondary N) is 2. The van der Waals surface area contributed by atoms with Crippen molar-refractivity contribution >= 4 is 11.9 Å². The molecule has 1 atom stereocenters. The maximum atomic E-state index is 11.7. The van der Waals surface area contributed by atoms with E-state index in [0.29, 0.717) is 19.5 Å². The Morgan fingerprint density at radius 2 is 2.25 bits per heavy atom. The van der Waals surface area contributed by atoms with E-state index < -0.39 is 0 Å². The predicted molar refractivity (Wildman–Crippen MR) is 74.5 cm³/mol. The Morgan fingerprint density at radius 1 is 1.40 bits per heavy atom. The van der Waals surface area contributed by atoms with Crippen LogP contribution in [0.25, 0.3) is 0 Å². The van der Waals surface area contributed by atoms with E-state index in [1.807, 2.05) is 0 Å². The molecule has 0 aromatic carbocycles. The number of likely N-dealkylation sites (tertiary alicyclic amines) is 1. The van der Waals surface area contributed by atoms with Gasteiger partial charge in [0.1, 0.15) is 0 Å². The summed E-state index contributed by atoms with van der Waals surface area (Å²) in [4.78, 5) is 27.0. The first-order valence-electron chi connectivity index (χ1n) is 7.23. The Kier molecular flexibility index (Phi) is 5.60. The zero-order valence-electron chi connectivity index (χ0n) is 12.1. The van der Waals surface area contributed by atoms with Crippen LogP contribution in [0.4, 0.5) is 4.79 Å². The molecule has 2 aliphatic heterocycles. The first-order chi connectivity index (χ1) is 9.65. The quantitative estimate of drug-likeness (QED) is 0.711. The fourth-order valence-electron chi connectivity index (χ4n) is 2.55. The van der Waals surface area contributed by atoms with E-state index in [9.17, 15) is 9.59 Å². The molecule has 0 aromatic rings. The second kappa shape index (κ2) is 7.44. The average molecular weight is 284 g/mol. The van der Waals surface area contributed by atoms with Gasteiger partial charge in [0.2, 0.25) is 5.91 Å². The highest BCUT2D eigenvalue weighted by molar-refractivity contribution is 5.81. The highest BCUT2D eigenvalue weighted by Gasteiger charge is 2.27. The Bertz CT molecular complexity index is 343. The van der Waals surface area contributed by atoms with E-state index in [4.69, 9.17) is 4.74 Å². The molecule has 2 rings (SSSR count). The van der Waals surface area contributed by atoms with Crippen molar-refractivity contribution < 1.29 is 14.3 Å². The number of nitrogens with zero attached hydrogens (tertiary/aromatic N) is 2. The van der Waals surface area contributed by atoms with Crippen LogP contribution in [0, 0.1) is 0 Å². The number of hydrogen-bond donors (Lipinski definition) is 2. The van der Waals surface area contributed by atoms with Gasteiger partial charge in [-0.2, -0.15) is 0 Å². The number of likely N-dealkylation sites (N-methyl/N-ethyl adjacent to an activating group) is 1. The lowest BCUT2D eigenvalue weighted by Crippen LogP contribution is -2.45. The van der Waals surface area contributed by atoms with Crippen molar-refractivity contribution in [3.05, 3.63) is 0 Å². The highest BCUT2D eigenvalue weighted by Crippen LogP contribution is 2.07. The van der Waals surface area contributed by atoms with Crippen molar-refractivity contribution in [3.8, 4) is 0 Å². The van der Waals surface area contributed by atoms with Gasteiger partial charge in [-0.05, 0) is 6.42 Å². The number of rotatable bonds is 4. The molecule has 0 aliphatic carbocycles. The largest absolute Gasteiger partial charge is 0.380 e. The third kappa shape index (κ3) is 4.64. The summed E-state index contributed by atoms with van der Waals surface area (Å²) in [7, 11) is 1.75. The van der Waals surface area contributed by atoms with Gasteiger partial charge >= 0.3 is 6.03 Å². The molecule has 2 N–H and O–H groups in total. The minimum absolute atomic E-state index is 0.0703. The molecule has 20 heavy (non-hydrogen) atoms. The van der Waals surface area contributed by atoms with Gasteiger partial charge in [0, 0.05) is 52.8 Å². The van der Waals surface area contributed by atoms with Crippen LogP contribution in [0.5, 0.6) is 0 Å². The lowest BCUT2D eigenvalue weighted by atomic mass is 10.2. The van der Waals surface area contributed by atoms with Gasteiger partial charge in [-0.1, -0.05) is 0 Å². The van der Waals surface area contributed by atoms with Crippen molar-refractivity contribution in [1.82, 2.24) is 20.4 Å². The van der Waals surface area contributed by atoms with Crippen molar-refractivity contribution in [2.75, 3.05) is 53.0 Å². The van der Waals surface area contributed by atoms with E-state index in [-0.39, 0.29) is 18.0 Å². The summed E-state index contributed by atoms with van der Waals surface area (Å²) in [6.07, 6.45) is 1.44. The number of amides is 3. The van der Waals surface area contributed by atoms with E-state index in [1.54, 1.807) is 11.9 Å². The smallest absolute Gasteiger partial charge is 0.315 e. The molecular weight excluding hydrogens is 260 g/mol. The number of carbonyl (C=O) groups is 2. The van der Waals surface area contributed by atoms with Gasteiger partial charge in [-0.3, -0.25) is 9.69 Å². The predicted octanol–water partition coefficient (Wildman–Crippen LogP) is -0.761. The van der Waals surface area contributed by atoms with Crippen LogP contribution in [-0.4, -0.2) is 80.8 Å². The molecule has 3 amide bonds. The molecule has 2 aliphatic rings. The molecule has 0 bridgehead atoms. The molecule has 0 aromatic heterocycles. The maximum absolute atomic E-state index is 11.7. The normalized spacial score (nSPS) is 24.6. The summed E-state index contributed by atoms with van der Waals surface area (Å²) in [6.45, 7) is 5.57. The van der Waals surface area contributed by atoms with E-state index in [0.717, 1.165) is 39.3 Å². The molecule has 2 saturated heterocycles. The molecule has 114 valence electrons. The SMILES string of the molecule is CN1CC(NC(=O)NCCN2CCCOCC2)CC1=O. The van der Waals surface area contributed by atoms with Gasteiger partial charge in [0.25, 0.3) is 0 Å². The summed E-state index contributed by atoms with van der Waals surface area (Å²) in [5.74, 6) is 0.0832. The van der Waals surface area contributed by atoms with Crippen molar-refractivity contribution in [3.63, 3.8) is 0 Å². The highest BCUT2D eigenvalue weighted by atomic mass is 16.5. The third-order valence-electron chi connectivity index (χ3n) is 3.70. The Labute approximate surface area is 119 Å². The van der Waals surface area contributed by atoms with Crippen molar-refractivity contribution in [2.24, 2.45) is 0 Å². The first-order valence-corrected chi connectivity index (χ1v) is 7.23. The van der Waals surface area contributed by atoms with E-state index >= 15 is 0 Å². The molecule has 0 saturated carbocycles. The molecule has 1 unspecified atom stereocenters. The molecule has 7 heteroatoms. The van der Waals surface area contributed by atoms with Gasteiger partial charge in [0.05, 0.1) is 12.6 Å². The molecular formula is C13H24N4O3. The summed E-state index contributed by atoms with van der Waals surface area (Å²) < 4.78 is 5.38. The van der Waals surface area contributed by atoms with Crippen molar-refractivity contribution in [1.29, 1.82) is 0 Å². The topological polar surface area (TPSA) is 73.9 Å². The third-order valence-corrected chi connectivity index (χ3v) is 3.70. The Hall–Kier alpha value is -1.34. The second-order valence-electron chi connectivity index (χ2n) is 5.38. The molecule has 2 heterocycles. The number of ether oxygens (including phenoxy) is 1. The molecule has 2 fully saturated rings. The van der Waals surface area contributed by atoms with Crippen LogP contribution in [0.15, 0.2) is 0 Å². The van der Waals surface area contributed by atoms with Gasteiger partial charge in [-0.15, -0.1) is 0 Å².